The first kappa shape index (κ1) is 15.6. The normalized spacial score (nSPS) is 10.7. The molecule has 0 aliphatic carbocycles. The van der Waals surface area contributed by atoms with E-state index in [0.717, 1.165) is 39.2 Å². The second-order valence-corrected chi connectivity index (χ2v) is 5.99. The third-order valence-corrected chi connectivity index (χ3v) is 4.12. The van der Waals surface area contributed by atoms with Crippen LogP contribution >= 0.6 is 11.8 Å². The Hall–Kier alpha value is -1.75. The molecule has 2 rings (SSSR count). The van der Waals surface area contributed by atoms with Crippen LogP contribution < -0.4 is 10.5 Å². The maximum Gasteiger partial charge on any atom is 0.192 e. The van der Waals surface area contributed by atoms with Gasteiger partial charge in [-0.25, -0.2) is 9.97 Å². The second-order valence-electron chi connectivity index (χ2n) is 4.95. The lowest BCUT2D eigenvalue weighted by Crippen LogP contribution is -2.00. The lowest BCUT2D eigenvalue weighted by Gasteiger charge is -2.10. The molecule has 0 saturated carbocycles. The average Bonchev–Trinajstić information content (AvgIpc) is 2.45. The van der Waals surface area contributed by atoms with Gasteiger partial charge in [-0.3, -0.25) is 0 Å². The van der Waals surface area contributed by atoms with Crippen molar-refractivity contribution in [3.63, 3.8) is 0 Å². The van der Waals surface area contributed by atoms with Crippen molar-refractivity contribution in [3.05, 3.63) is 35.2 Å². The number of nitrogens with two attached hydrogens (primary N) is 1. The molecular weight excluding hydrogens is 282 g/mol. The quantitative estimate of drug-likeness (QED) is 0.670. The van der Waals surface area contributed by atoms with Crippen molar-refractivity contribution < 1.29 is 4.74 Å². The average molecular weight is 303 g/mol. The van der Waals surface area contributed by atoms with Gasteiger partial charge in [0.25, 0.3) is 0 Å². The molecule has 1 heterocycles. The minimum atomic E-state index is 0.657. The molecule has 0 bridgehead atoms. The Balaban J connectivity index is 2.23. The first-order valence-corrected chi connectivity index (χ1v) is 7.85. The van der Waals surface area contributed by atoms with Crippen molar-refractivity contribution in [3.8, 4) is 5.75 Å². The predicted molar refractivity (Wildman–Crippen MR) is 87.0 cm³/mol. The summed E-state index contributed by atoms with van der Waals surface area (Å²) in [6, 6.07) is 5.78. The second kappa shape index (κ2) is 6.80. The van der Waals surface area contributed by atoms with Crippen LogP contribution in [0, 0.1) is 20.8 Å². The Morgan fingerprint density at radius 1 is 1.14 bits per heavy atom. The highest BCUT2D eigenvalue weighted by molar-refractivity contribution is 7.99. The number of hydrogen-bond acceptors (Lipinski definition) is 5. The number of anilines is 1. The standard InChI is InChI=1S/C16H21N3OS/c1-5-8-20-15-9-13(6-7-14(15)17)21-16-18-11(3)10(2)12(4)19-16/h6-7,9H,5,8,17H2,1-4H3. The Labute approximate surface area is 130 Å². The van der Waals surface area contributed by atoms with Crippen molar-refractivity contribution in [2.24, 2.45) is 0 Å². The van der Waals surface area contributed by atoms with Crippen molar-refractivity contribution in [1.29, 1.82) is 0 Å². The van der Waals surface area contributed by atoms with E-state index in [9.17, 15) is 0 Å². The number of aryl methyl sites for hydroxylation is 2. The van der Waals surface area contributed by atoms with Crippen LogP contribution in [0.4, 0.5) is 5.69 Å². The molecule has 0 aliphatic rings. The highest BCUT2D eigenvalue weighted by Crippen LogP contribution is 2.32. The minimum absolute atomic E-state index is 0.657. The van der Waals surface area contributed by atoms with Crippen LogP contribution in [0.1, 0.15) is 30.3 Å². The number of aromatic nitrogens is 2. The van der Waals surface area contributed by atoms with Gasteiger partial charge in [0.15, 0.2) is 5.16 Å². The summed E-state index contributed by atoms with van der Waals surface area (Å²) in [7, 11) is 0. The maximum atomic E-state index is 5.93. The molecule has 2 aromatic rings. The number of hydrogen-bond donors (Lipinski definition) is 1. The van der Waals surface area contributed by atoms with Gasteiger partial charge in [0.2, 0.25) is 0 Å². The number of nitrogens with zero attached hydrogens (tertiary/aromatic N) is 2. The summed E-state index contributed by atoms with van der Waals surface area (Å²) in [6.45, 7) is 8.79. The van der Waals surface area contributed by atoms with Crippen LogP contribution in [0.5, 0.6) is 5.75 Å². The molecule has 0 unspecified atom stereocenters. The first-order valence-electron chi connectivity index (χ1n) is 7.03. The van der Waals surface area contributed by atoms with Gasteiger partial charge in [-0.2, -0.15) is 0 Å². The lowest BCUT2D eigenvalue weighted by molar-refractivity contribution is 0.318. The number of nitrogen functional groups attached to an aromatic ring is 1. The molecule has 0 fully saturated rings. The van der Waals surface area contributed by atoms with E-state index in [1.54, 1.807) is 0 Å². The lowest BCUT2D eigenvalue weighted by atomic mass is 10.2. The van der Waals surface area contributed by atoms with Gasteiger partial charge in [-0.15, -0.1) is 0 Å². The van der Waals surface area contributed by atoms with E-state index in [1.807, 2.05) is 39.0 Å². The van der Waals surface area contributed by atoms with Gasteiger partial charge in [0.05, 0.1) is 12.3 Å². The van der Waals surface area contributed by atoms with Gasteiger partial charge < -0.3 is 10.5 Å². The van der Waals surface area contributed by atoms with Crippen molar-refractivity contribution >= 4 is 17.4 Å². The highest BCUT2D eigenvalue weighted by atomic mass is 32.2. The van der Waals surface area contributed by atoms with E-state index in [2.05, 4.69) is 16.9 Å². The summed E-state index contributed by atoms with van der Waals surface area (Å²) in [4.78, 5) is 10.1. The zero-order chi connectivity index (χ0) is 15.4. The van der Waals surface area contributed by atoms with Crippen LogP contribution in [0.15, 0.2) is 28.3 Å². The molecule has 5 heteroatoms. The molecule has 0 amide bonds. The SMILES string of the molecule is CCCOc1cc(Sc2nc(C)c(C)c(C)n2)ccc1N. The third kappa shape index (κ3) is 3.88. The third-order valence-electron chi connectivity index (χ3n) is 3.27. The fourth-order valence-electron chi connectivity index (χ4n) is 1.81. The molecular formula is C16H21N3OS. The number of rotatable bonds is 5. The number of benzene rings is 1. The van der Waals surface area contributed by atoms with Crippen molar-refractivity contribution in [2.75, 3.05) is 12.3 Å². The molecule has 4 nitrogen and oxygen atoms in total. The Morgan fingerprint density at radius 3 is 2.43 bits per heavy atom. The molecule has 0 atom stereocenters. The summed E-state index contributed by atoms with van der Waals surface area (Å²) in [5, 5.41) is 0.752. The number of ether oxygens (including phenoxy) is 1. The zero-order valence-electron chi connectivity index (χ0n) is 12.9. The molecule has 0 saturated heterocycles. The summed E-state index contributed by atoms with van der Waals surface area (Å²) in [5.41, 5.74) is 9.76. The zero-order valence-corrected chi connectivity index (χ0v) is 13.8. The predicted octanol–water partition coefficient (Wildman–Crippen LogP) is 3.92. The van der Waals surface area contributed by atoms with Crippen LogP contribution in [0.3, 0.4) is 0 Å². The van der Waals surface area contributed by atoms with Crippen LogP contribution in [-0.2, 0) is 0 Å². The summed E-state index contributed by atoms with van der Waals surface area (Å²) >= 11 is 1.52. The van der Waals surface area contributed by atoms with Crippen LogP contribution in [0.25, 0.3) is 0 Å². The Morgan fingerprint density at radius 2 is 1.81 bits per heavy atom. The molecule has 112 valence electrons. The van der Waals surface area contributed by atoms with Crippen molar-refractivity contribution in [1.82, 2.24) is 9.97 Å². The molecule has 21 heavy (non-hydrogen) atoms. The molecule has 1 aromatic carbocycles. The molecule has 1 aromatic heterocycles. The Kier molecular flexibility index (Phi) is 5.07. The van der Waals surface area contributed by atoms with Gasteiger partial charge in [0, 0.05) is 16.3 Å². The van der Waals surface area contributed by atoms with E-state index in [0.29, 0.717) is 12.3 Å². The first-order chi connectivity index (χ1) is 10.0. The van der Waals surface area contributed by atoms with Gasteiger partial charge in [0.1, 0.15) is 5.75 Å². The van der Waals surface area contributed by atoms with E-state index < -0.39 is 0 Å². The van der Waals surface area contributed by atoms with Crippen LogP contribution in [-0.4, -0.2) is 16.6 Å². The molecule has 0 aliphatic heterocycles. The fraction of sp³-hybridized carbons (Fsp3) is 0.375. The molecule has 0 spiro atoms. The monoisotopic (exact) mass is 303 g/mol. The van der Waals surface area contributed by atoms with Gasteiger partial charge in [-0.05, 0) is 62.7 Å². The highest BCUT2D eigenvalue weighted by Gasteiger charge is 2.08. The van der Waals surface area contributed by atoms with Gasteiger partial charge in [-0.1, -0.05) is 6.92 Å². The van der Waals surface area contributed by atoms with E-state index >= 15 is 0 Å². The summed E-state index contributed by atoms with van der Waals surface area (Å²) < 4.78 is 5.65. The van der Waals surface area contributed by atoms with Crippen LogP contribution in [0.2, 0.25) is 0 Å². The fourth-order valence-corrected chi connectivity index (χ4v) is 2.69. The smallest absolute Gasteiger partial charge is 0.192 e. The maximum absolute atomic E-state index is 5.93. The summed E-state index contributed by atoms with van der Waals surface area (Å²) in [6.07, 6.45) is 0.955. The van der Waals surface area contributed by atoms with Gasteiger partial charge >= 0.3 is 0 Å². The summed E-state index contributed by atoms with van der Waals surface area (Å²) in [5.74, 6) is 0.724. The minimum Gasteiger partial charge on any atom is -0.491 e. The van der Waals surface area contributed by atoms with E-state index in [4.69, 9.17) is 10.5 Å². The van der Waals surface area contributed by atoms with E-state index in [-0.39, 0.29) is 0 Å². The molecule has 2 N–H and O–H groups in total. The molecule has 0 radical (unpaired) electrons. The van der Waals surface area contributed by atoms with Crippen molar-refractivity contribution in [2.45, 2.75) is 44.2 Å². The largest absolute Gasteiger partial charge is 0.491 e. The van der Waals surface area contributed by atoms with E-state index in [1.165, 1.54) is 11.8 Å². The Bertz CT molecular complexity index is 620. The topological polar surface area (TPSA) is 61.0 Å².